The van der Waals surface area contributed by atoms with Crippen LogP contribution in [0, 0.1) is 11.8 Å². The molecule has 2 rings (SSSR count). The molecule has 0 heterocycles. The standard InChI is InChI=1S/C22H27F3O4/c1-13-11-15(12-14(2)19(13)29-21(3,4)20(27)28)5-10-18(26)16-6-8-17(9-7-16)22(23,24)25/h5,8,10-11,14,16H,6-7,9,12H2,1-4H3,(H,27,28)/b10-5+. The number of hydrogen-bond donors (Lipinski definition) is 1. The average molecular weight is 412 g/mol. The zero-order chi connectivity index (χ0) is 22.0. The fourth-order valence-corrected chi connectivity index (χ4v) is 3.53. The van der Waals surface area contributed by atoms with Crippen molar-refractivity contribution in [1.82, 2.24) is 0 Å². The molecule has 0 amide bonds. The van der Waals surface area contributed by atoms with Gasteiger partial charge in [-0.1, -0.05) is 25.2 Å². The van der Waals surface area contributed by atoms with Crippen molar-refractivity contribution in [2.75, 3.05) is 0 Å². The second-order valence-corrected chi connectivity index (χ2v) is 8.22. The number of ether oxygens (including phenoxy) is 1. The number of ketones is 1. The SMILES string of the molecule is CC1=C(OC(C)(C)C(=O)O)C(C)CC(/C=C/C(=O)C2CC=C(C(F)(F)F)CC2)=C1. The van der Waals surface area contributed by atoms with Gasteiger partial charge in [-0.05, 0) is 63.7 Å². The minimum atomic E-state index is -4.31. The van der Waals surface area contributed by atoms with Gasteiger partial charge < -0.3 is 9.84 Å². The molecule has 0 aromatic carbocycles. The van der Waals surface area contributed by atoms with Crippen molar-refractivity contribution in [2.45, 2.75) is 65.2 Å². The van der Waals surface area contributed by atoms with E-state index in [1.807, 2.05) is 19.9 Å². The molecule has 0 saturated carbocycles. The Kier molecular flexibility index (Phi) is 6.81. The highest BCUT2D eigenvalue weighted by atomic mass is 19.4. The molecular weight excluding hydrogens is 385 g/mol. The molecule has 2 aliphatic rings. The molecule has 29 heavy (non-hydrogen) atoms. The smallest absolute Gasteiger partial charge is 0.412 e. The Morgan fingerprint density at radius 3 is 2.41 bits per heavy atom. The van der Waals surface area contributed by atoms with Gasteiger partial charge in [0.1, 0.15) is 5.76 Å². The summed E-state index contributed by atoms with van der Waals surface area (Å²) in [5.74, 6) is -1.10. The summed E-state index contributed by atoms with van der Waals surface area (Å²) in [6.07, 6.45) is 2.55. The second-order valence-electron chi connectivity index (χ2n) is 8.22. The molecule has 0 radical (unpaired) electrons. The summed E-state index contributed by atoms with van der Waals surface area (Å²) < 4.78 is 43.8. The summed E-state index contributed by atoms with van der Waals surface area (Å²) in [6, 6.07) is 0. The maximum Gasteiger partial charge on any atom is 0.412 e. The van der Waals surface area contributed by atoms with Crippen molar-refractivity contribution in [1.29, 1.82) is 0 Å². The van der Waals surface area contributed by atoms with Crippen molar-refractivity contribution in [3.63, 3.8) is 0 Å². The third-order valence-corrected chi connectivity index (χ3v) is 5.30. The first-order valence-corrected chi connectivity index (χ1v) is 9.63. The third kappa shape index (κ3) is 5.84. The predicted octanol–water partition coefficient (Wildman–Crippen LogP) is 5.52. The molecule has 2 atom stereocenters. The van der Waals surface area contributed by atoms with E-state index in [1.54, 1.807) is 6.08 Å². The lowest BCUT2D eigenvalue weighted by Crippen LogP contribution is -2.36. The molecule has 0 aliphatic heterocycles. The Labute approximate surface area is 168 Å². The van der Waals surface area contributed by atoms with Crippen molar-refractivity contribution in [3.05, 3.63) is 46.8 Å². The highest BCUT2D eigenvalue weighted by Gasteiger charge is 2.36. The Balaban J connectivity index is 2.06. The zero-order valence-corrected chi connectivity index (χ0v) is 17.1. The summed E-state index contributed by atoms with van der Waals surface area (Å²) in [5, 5.41) is 9.25. The number of allylic oxidation sites excluding steroid dienone is 8. The molecule has 1 N–H and O–H groups in total. The highest BCUT2D eigenvalue weighted by Crippen LogP contribution is 2.36. The minimum Gasteiger partial charge on any atom is -0.480 e. The number of alkyl halides is 3. The van der Waals surface area contributed by atoms with E-state index in [0.29, 0.717) is 12.2 Å². The van der Waals surface area contributed by atoms with Crippen LogP contribution < -0.4 is 0 Å². The van der Waals surface area contributed by atoms with E-state index in [2.05, 4.69) is 0 Å². The molecule has 2 unspecified atom stereocenters. The number of halogens is 3. The molecule has 0 fully saturated rings. The van der Waals surface area contributed by atoms with Crippen molar-refractivity contribution >= 4 is 11.8 Å². The molecular formula is C22H27F3O4. The third-order valence-electron chi connectivity index (χ3n) is 5.30. The largest absolute Gasteiger partial charge is 0.480 e. The molecule has 0 aromatic rings. The van der Waals surface area contributed by atoms with E-state index >= 15 is 0 Å². The first-order valence-electron chi connectivity index (χ1n) is 9.63. The van der Waals surface area contributed by atoms with Gasteiger partial charge in [-0.15, -0.1) is 0 Å². The van der Waals surface area contributed by atoms with Crippen LogP contribution in [0.1, 0.15) is 53.4 Å². The molecule has 0 spiro atoms. The number of carboxylic acid groups (broad SMARTS) is 1. The monoisotopic (exact) mass is 412 g/mol. The van der Waals surface area contributed by atoms with E-state index in [-0.39, 0.29) is 31.0 Å². The van der Waals surface area contributed by atoms with Gasteiger partial charge in [0.2, 0.25) is 0 Å². The van der Waals surface area contributed by atoms with Crippen LogP contribution in [0.2, 0.25) is 0 Å². The van der Waals surface area contributed by atoms with E-state index in [0.717, 1.165) is 17.2 Å². The number of hydrogen-bond acceptors (Lipinski definition) is 3. The van der Waals surface area contributed by atoms with Gasteiger partial charge in [0.05, 0.1) is 0 Å². The minimum absolute atomic E-state index is 0.0552. The lowest BCUT2D eigenvalue weighted by Gasteiger charge is -2.30. The normalized spacial score (nSPS) is 23.7. The van der Waals surface area contributed by atoms with Gasteiger partial charge in [0, 0.05) is 17.4 Å². The second kappa shape index (κ2) is 8.59. The van der Waals surface area contributed by atoms with Gasteiger partial charge in [-0.25, -0.2) is 4.79 Å². The van der Waals surface area contributed by atoms with Gasteiger partial charge in [-0.3, -0.25) is 4.79 Å². The number of aliphatic carboxylic acids is 1. The number of carbonyl (C=O) groups excluding carboxylic acids is 1. The van der Waals surface area contributed by atoms with Crippen molar-refractivity contribution in [3.8, 4) is 0 Å². The summed E-state index contributed by atoms with van der Waals surface area (Å²) in [7, 11) is 0. The van der Waals surface area contributed by atoms with Crippen LogP contribution in [0.5, 0.6) is 0 Å². The summed E-state index contributed by atoms with van der Waals surface area (Å²) in [4.78, 5) is 23.7. The van der Waals surface area contributed by atoms with E-state index in [1.165, 1.54) is 19.9 Å². The van der Waals surface area contributed by atoms with Crippen molar-refractivity contribution < 1.29 is 32.6 Å². The van der Waals surface area contributed by atoms with Crippen molar-refractivity contribution in [2.24, 2.45) is 11.8 Å². The van der Waals surface area contributed by atoms with Crippen LogP contribution in [-0.4, -0.2) is 28.6 Å². The lowest BCUT2D eigenvalue weighted by atomic mass is 9.85. The summed E-state index contributed by atoms with van der Waals surface area (Å²) in [6.45, 7) is 6.72. The van der Waals surface area contributed by atoms with E-state index in [9.17, 15) is 27.9 Å². The maximum atomic E-state index is 12.7. The number of carbonyl (C=O) groups is 2. The van der Waals surface area contributed by atoms with Crippen LogP contribution in [-0.2, 0) is 14.3 Å². The molecule has 160 valence electrons. The molecule has 2 aliphatic carbocycles. The Hall–Kier alpha value is -2.31. The number of carboxylic acids is 1. The maximum absolute atomic E-state index is 12.7. The van der Waals surface area contributed by atoms with Crippen LogP contribution in [0.25, 0.3) is 0 Å². The van der Waals surface area contributed by atoms with Crippen LogP contribution in [0.15, 0.2) is 46.8 Å². The Morgan fingerprint density at radius 1 is 1.28 bits per heavy atom. The van der Waals surface area contributed by atoms with Gasteiger partial charge in [0.25, 0.3) is 0 Å². The average Bonchev–Trinajstić information content (AvgIpc) is 2.62. The van der Waals surface area contributed by atoms with Gasteiger partial charge >= 0.3 is 12.1 Å². The quantitative estimate of drug-likeness (QED) is 0.461. The molecule has 0 bridgehead atoms. The first kappa shape index (κ1) is 23.0. The first-order chi connectivity index (χ1) is 13.3. The molecule has 0 saturated heterocycles. The van der Waals surface area contributed by atoms with E-state index in [4.69, 9.17) is 4.74 Å². The highest BCUT2D eigenvalue weighted by molar-refractivity contribution is 5.92. The topological polar surface area (TPSA) is 63.6 Å². The Morgan fingerprint density at radius 2 is 1.93 bits per heavy atom. The molecule has 4 nitrogen and oxygen atoms in total. The van der Waals surface area contributed by atoms with Crippen LogP contribution in [0.3, 0.4) is 0 Å². The Bertz CT molecular complexity index is 797. The zero-order valence-electron chi connectivity index (χ0n) is 17.1. The summed E-state index contributed by atoms with van der Waals surface area (Å²) in [5.41, 5.74) is -0.204. The molecule has 0 aromatic heterocycles. The van der Waals surface area contributed by atoms with Crippen LogP contribution >= 0.6 is 0 Å². The fraction of sp³-hybridized carbons (Fsp3) is 0.545. The van der Waals surface area contributed by atoms with E-state index < -0.39 is 29.2 Å². The lowest BCUT2D eigenvalue weighted by molar-refractivity contribution is -0.157. The predicted molar refractivity (Wildman–Crippen MR) is 103 cm³/mol. The molecule has 7 heteroatoms. The fourth-order valence-electron chi connectivity index (χ4n) is 3.53. The van der Waals surface area contributed by atoms with Gasteiger partial charge in [-0.2, -0.15) is 13.2 Å². The van der Waals surface area contributed by atoms with Gasteiger partial charge in [0.15, 0.2) is 11.4 Å². The number of rotatable bonds is 6. The summed E-state index contributed by atoms with van der Waals surface area (Å²) >= 11 is 0. The van der Waals surface area contributed by atoms with Crippen LogP contribution in [0.4, 0.5) is 13.2 Å².